The zero-order valence-electron chi connectivity index (χ0n) is 68.8. The van der Waals surface area contributed by atoms with E-state index in [1.165, 1.54) is 77.0 Å². The van der Waals surface area contributed by atoms with Crippen molar-refractivity contribution < 1.29 is 77.1 Å². The fraction of sp³-hybridized carbons (Fsp3) is 0.827. The number of alkyl carbamates (subject to hydrolysis) is 4. The van der Waals surface area contributed by atoms with Gasteiger partial charge in [-0.1, -0.05) is 154 Å². The maximum atomic E-state index is 14.3. The van der Waals surface area contributed by atoms with Gasteiger partial charge in [0.05, 0.1) is 13.2 Å². The molecule has 0 aliphatic heterocycles. The Morgan fingerprint density at radius 2 is 0.486 bits per heavy atom. The molecule has 0 radical (unpaired) electrons. The second-order valence-corrected chi connectivity index (χ2v) is 32.2. The van der Waals surface area contributed by atoms with Gasteiger partial charge in [0.15, 0.2) is 0 Å². The van der Waals surface area contributed by atoms with Gasteiger partial charge in [0, 0.05) is 26.2 Å². The number of nitrogens with one attached hydrogen (secondary N) is 10. The number of amides is 10. The molecular weight excluding hydrogens is 1370 g/mol. The van der Waals surface area contributed by atoms with Crippen LogP contribution in [0.2, 0.25) is 0 Å². The van der Waals surface area contributed by atoms with Crippen molar-refractivity contribution in [1.29, 1.82) is 0 Å². The predicted octanol–water partition coefficient (Wildman–Crippen LogP) is 13.6. The van der Waals surface area contributed by atoms with E-state index in [1.54, 1.807) is 83.1 Å². The summed E-state index contributed by atoms with van der Waals surface area (Å²) in [4.78, 5) is 136. The van der Waals surface area contributed by atoms with Gasteiger partial charge < -0.3 is 82.3 Å². The number of carbonyl (C=O) groups excluding carboxylic acids is 10. The first kappa shape index (κ1) is 100. The number of hydrogen-bond donors (Lipinski definition) is 12. The van der Waals surface area contributed by atoms with Gasteiger partial charge in [-0.05, 0) is 205 Å². The number of unbranched alkanes of at least 4 members (excludes halogenated alkanes) is 26. The number of aliphatic hydroxyl groups is 2. The van der Waals surface area contributed by atoms with E-state index in [-0.39, 0.29) is 58.3 Å². The maximum absolute atomic E-state index is 14.3. The van der Waals surface area contributed by atoms with Crippen LogP contribution in [0, 0.1) is 0 Å². The van der Waals surface area contributed by atoms with Crippen molar-refractivity contribution in [2.24, 2.45) is 0 Å². The monoisotopic (exact) mass is 1520 g/mol. The summed E-state index contributed by atoms with van der Waals surface area (Å²) in [6.07, 6.45) is 38.1. The SMILES string of the molecule is CCCCCCCC/C=C\CCCCCCCCNC(=O)C(CCCC(NC(=O)C(CO)NC(=O)C(CCCCNC(=O)OC(C)(C)C)NC(=O)OC(C)(C)C)C(=O)NCCCCCCCC/C=C\CCCCCCCC)NC(=O)C(CO)NC(=O)C(CCCCNC(=O)OC(C)(C)C)NC(=O)OC(C)(C)C. The van der Waals surface area contributed by atoms with Crippen LogP contribution in [-0.4, -0.2) is 168 Å². The van der Waals surface area contributed by atoms with Crippen LogP contribution in [0.1, 0.15) is 335 Å². The largest absolute Gasteiger partial charge is 0.444 e. The summed E-state index contributed by atoms with van der Waals surface area (Å²) in [7, 11) is 0. The molecule has 0 aromatic heterocycles. The van der Waals surface area contributed by atoms with Crippen LogP contribution in [0.15, 0.2) is 24.3 Å². The number of aliphatic hydroxyl groups excluding tert-OH is 2. The topological polar surface area (TPSA) is 368 Å². The highest BCUT2D eigenvalue weighted by Gasteiger charge is 2.34. The van der Waals surface area contributed by atoms with Crippen LogP contribution in [0.5, 0.6) is 0 Å². The third kappa shape index (κ3) is 59.9. The molecule has 0 saturated carbocycles. The van der Waals surface area contributed by atoms with E-state index in [0.29, 0.717) is 38.5 Å². The van der Waals surface area contributed by atoms with E-state index in [1.807, 2.05) is 0 Å². The molecular formula is C81H150N10O16. The normalized spacial score (nSPS) is 13.6. The standard InChI is InChI=1S/C81H150N10O16/c1-15-17-19-21-23-25-27-29-31-33-35-37-39-41-43-47-56-82-68(94)62(86-72(98)66(60-92)88-70(96)64(90-76(102)106-80(9,10)11)52-45-49-58-84-74(100)104-78(3,4)5)54-51-55-63(69(95)83-57-48-44-42-40-38-36-34-32-30-28-26-24-22-20-18-16-2)87-73(99)67(61-93)89-71(97)65(91-77(103)107-81(12,13)14)53-46-50-59-85-75(101)105-79(6,7)8/h29-32,62-67,92-93H,15-28,33-61H2,1-14H3,(H,82,94)(H,83,95)(H,84,100)(H,85,101)(H,86,98)(H,87,99)(H,88,96)(H,89,97)(H,90,102)(H,91,103)/b31-29-,32-30-. The summed E-state index contributed by atoms with van der Waals surface area (Å²) in [5.41, 5.74) is -3.32. The minimum Gasteiger partial charge on any atom is -0.444 e. The van der Waals surface area contributed by atoms with Gasteiger partial charge in [-0.2, -0.15) is 0 Å². The first-order valence-electron chi connectivity index (χ1n) is 40.8. The maximum Gasteiger partial charge on any atom is 0.408 e. The zero-order valence-corrected chi connectivity index (χ0v) is 68.8. The van der Waals surface area contributed by atoms with Crippen molar-refractivity contribution in [3.63, 3.8) is 0 Å². The molecule has 107 heavy (non-hydrogen) atoms. The Morgan fingerprint density at radius 3 is 0.776 bits per heavy atom. The highest BCUT2D eigenvalue weighted by Crippen LogP contribution is 2.17. The van der Waals surface area contributed by atoms with Crippen molar-refractivity contribution in [2.75, 3.05) is 39.4 Å². The Labute approximate surface area is 644 Å². The lowest BCUT2D eigenvalue weighted by atomic mass is 10.0. The molecule has 0 aliphatic carbocycles. The second-order valence-electron chi connectivity index (χ2n) is 32.2. The van der Waals surface area contributed by atoms with Crippen molar-refractivity contribution in [1.82, 2.24) is 53.2 Å². The van der Waals surface area contributed by atoms with E-state index in [4.69, 9.17) is 18.9 Å². The zero-order chi connectivity index (χ0) is 80.4. The average Bonchev–Trinajstić information content (AvgIpc) is 0.873. The summed E-state index contributed by atoms with van der Waals surface area (Å²) < 4.78 is 21.5. The number of carbonyl (C=O) groups is 10. The van der Waals surface area contributed by atoms with Crippen molar-refractivity contribution >= 4 is 59.8 Å². The molecule has 10 amide bonds. The Morgan fingerprint density at radius 1 is 0.262 bits per heavy atom. The lowest BCUT2D eigenvalue weighted by Crippen LogP contribution is -2.58. The van der Waals surface area contributed by atoms with E-state index in [9.17, 15) is 58.2 Å². The first-order valence-corrected chi connectivity index (χ1v) is 40.8. The van der Waals surface area contributed by atoms with Crippen molar-refractivity contribution in [3.8, 4) is 0 Å². The van der Waals surface area contributed by atoms with E-state index in [0.717, 1.165) is 89.9 Å². The summed E-state index contributed by atoms with van der Waals surface area (Å²) >= 11 is 0. The van der Waals surface area contributed by atoms with Crippen molar-refractivity contribution in [3.05, 3.63) is 24.3 Å². The quantitative estimate of drug-likeness (QED) is 0.0153. The molecule has 0 bridgehead atoms. The molecule has 6 unspecified atom stereocenters. The van der Waals surface area contributed by atoms with Gasteiger partial charge in [-0.15, -0.1) is 0 Å². The van der Waals surface area contributed by atoms with Crippen LogP contribution in [0.3, 0.4) is 0 Å². The fourth-order valence-corrected chi connectivity index (χ4v) is 11.3. The van der Waals surface area contributed by atoms with Crippen LogP contribution in [0.25, 0.3) is 0 Å². The third-order valence-corrected chi connectivity index (χ3v) is 17.0. The molecule has 0 heterocycles. The summed E-state index contributed by atoms with van der Waals surface area (Å²) in [5, 5.41) is 48.1. The molecule has 0 aromatic carbocycles. The molecule has 0 aliphatic rings. The first-order chi connectivity index (χ1) is 50.6. The van der Waals surface area contributed by atoms with Crippen LogP contribution < -0.4 is 53.2 Å². The van der Waals surface area contributed by atoms with Gasteiger partial charge in [-0.25, -0.2) is 19.2 Å². The van der Waals surface area contributed by atoms with Gasteiger partial charge in [0.2, 0.25) is 35.4 Å². The Kier molecular flexibility index (Phi) is 56.4. The molecule has 26 nitrogen and oxygen atoms in total. The highest BCUT2D eigenvalue weighted by molar-refractivity contribution is 5.95. The summed E-state index contributed by atoms with van der Waals surface area (Å²) in [5.74, 6) is -4.73. The Bertz CT molecular complexity index is 2360. The highest BCUT2D eigenvalue weighted by atomic mass is 16.6. The Balaban J connectivity index is 6.83. The summed E-state index contributed by atoms with van der Waals surface area (Å²) in [6.45, 7) is 23.8. The minimum atomic E-state index is -1.63. The molecule has 0 rings (SSSR count). The van der Waals surface area contributed by atoms with E-state index >= 15 is 0 Å². The molecule has 0 aromatic rings. The number of allylic oxidation sites excluding steroid dienone is 4. The van der Waals surface area contributed by atoms with Gasteiger partial charge >= 0.3 is 24.4 Å². The van der Waals surface area contributed by atoms with Crippen molar-refractivity contribution in [2.45, 2.75) is 393 Å². The molecule has 26 heteroatoms. The van der Waals surface area contributed by atoms with E-state index in [2.05, 4.69) is 91.3 Å². The third-order valence-electron chi connectivity index (χ3n) is 17.0. The van der Waals surface area contributed by atoms with Gasteiger partial charge in [0.25, 0.3) is 0 Å². The average molecular weight is 1520 g/mol. The number of hydrogen-bond acceptors (Lipinski definition) is 16. The van der Waals surface area contributed by atoms with Crippen LogP contribution in [0.4, 0.5) is 19.2 Å². The lowest BCUT2D eigenvalue weighted by molar-refractivity contribution is -0.134. The lowest BCUT2D eigenvalue weighted by Gasteiger charge is -2.26. The number of rotatable bonds is 60. The molecule has 6 atom stereocenters. The fourth-order valence-electron chi connectivity index (χ4n) is 11.3. The van der Waals surface area contributed by atoms with Gasteiger partial charge in [-0.3, -0.25) is 28.8 Å². The summed E-state index contributed by atoms with van der Waals surface area (Å²) in [6, 6.07) is -8.41. The van der Waals surface area contributed by atoms with E-state index < -0.39 is 132 Å². The molecule has 12 N–H and O–H groups in total. The molecule has 0 saturated heterocycles. The van der Waals surface area contributed by atoms with Gasteiger partial charge in [0.1, 0.15) is 58.7 Å². The Hall–Kier alpha value is -6.70. The predicted molar refractivity (Wildman–Crippen MR) is 423 cm³/mol. The van der Waals surface area contributed by atoms with Crippen LogP contribution in [-0.2, 0) is 47.7 Å². The van der Waals surface area contributed by atoms with Crippen LogP contribution >= 0.6 is 0 Å². The molecule has 620 valence electrons. The molecule has 0 spiro atoms. The number of ether oxygens (including phenoxy) is 4. The molecule has 0 fully saturated rings. The second kappa shape index (κ2) is 60.2. The smallest absolute Gasteiger partial charge is 0.408 e. The minimum absolute atomic E-state index is 0.0147.